The Bertz CT molecular complexity index is 315. The Morgan fingerprint density at radius 2 is 1.87 bits per heavy atom. The summed E-state index contributed by atoms with van der Waals surface area (Å²) in [7, 11) is 0. The molecule has 2 rings (SSSR count). The third-order valence-electron chi connectivity index (χ3n) is 3.89. The molecule has 4 heteroatoms. The van der Waals surface area contributed by atoms with Crippen molar-refractivity contribution < 1.29 is 19.4 Å². The van der Waals surface area contributed by atoms with Crippen molar-refractivity contribution >= 4 is 11.9 Å². The molecular formula is C11H16O4. The minimum Gasteiger partial charge on any atom is -0.247 e. The van der Waals surface area contributed by atoms with Gasteiger partial charge in [0.05, 0.1) is 11.3 Å². The Balaban J connectivity index is 1.75. The standard InChI is InChI=1S/C11H16O4/c1-4-7(2)8(12)14-15-9(13)11-5-10(11,3)6-11/h7H,4-6H2,1-3H3. The predicted octanol–water partition coefficient (Wildman–Crippen LogP) is 1.83. The highest BCUT2D eigenvalue weighted by Gasteiger charge is 2.86. The zero-order valence-electron chi connectivity index (χ0n) is 9.33. The molecule has 0 N–H and O–H groups in total. The van der Waals surface area contributed by atoms with E-state index < -0.39 is 5.97 Å². The van der Waals surface area contributed by atoms with Crippen LogP contribution in [0, 0.1) is 16.7 Å². The van der Waals surface area contributed by atoms with Crippen LogP contribution in [0.5, 0.6) is 0 Å². The topological polar surface area (TPSA) is 52.6 Å². The van der Waals surface area contributed by atoms with Crippen LogP contribution in [0.2, 0.25) is 0 Å². The van der Waals surface area contributed by atoms with Gasteiger partial charge in [0.25, 0.3) is 0 Å². The van der Waals surface area contributed by atoms with Crippen LogP contribution in [0.4, 0.5) is 0 Å². The lowest BCUT2D eigenvalue weighted by Gasteiger charge is -2.07. The summed E-state index contributed by atoms with van der Waals surface area (Å²) in [5, 5.41) is 0. The Kier molecular flexibility index (Phi) is 2.07. The van der Waals surface area contributed by atoms with Gasteiger partial charge in [0, 0.05) is 0 Å². The number of carbonyl (C=O) groups is 2. The van der Waals surface area contributed by atoms with Gasteiger partial charge >= 0.3 is 11.9 Å². The lowest BCUT2D eigenvalue weighted by molar-refractivity contribution is -0.264. The molecule has 0 aromatic rings. The fraction of sp³-hybridized carbons (Fsp3) is 0.818. The van der Waals surface area contributed by atoms with Crippen molar-refractivity contribution in [2.45, 2.75) is 40.0 Å². The Hall–Kier alpha value is -1.06. The van der Waals surface area contributed by atoms with E-state index in [0.29, 0.717) is 6.42 Å². The van der Waals surface area contributed by atoms with Crippen LogP contribution in [0.1, 0.15) is 40.0 Å². The molecule has 0 heterocycles. The van der Waals surface area contributed by atoms with E-state index in [1.165, 1.54) is 0 Å². The van der Waals surface area contributed by atoms with Gasteiger partial charge in [0.1, 0.15) is 0 Å². The van der Waals surface area contributed by atoms with E-state index in [1.807, 2.05) is 13.8 Å². The third kappa shape index (κ3) is 1.43. The minimum absolute atomic E-state index is 0.146. The van der Waals surface area contributed by atoms with E-state index in [-0.39, 0.29) is 22.7 Å². The maximum atomic E-state index is 11.5. The number of hydrogen-bond acceptors (Lipinski definition) is 4. The lowest BCUT2D eigenvalue weighted by atomic mass is 10.1. The summed E-state index contributed by atoms with van der Waals surface area (Å²) in [6.07, 6.45) is 2.43. The molecule has 1 unspecified atom stereocenters. The third-order valence-corrected chi connectivity index (χ3v) is 3.89. The summed E-state index contributed by atoms with van der Waals surface area (Å²) < 4.78 is 0. The molecule has 2 fully saturated rings. The molecule has 2 saturated carbocycles. The molecule has 2 aliphatic carbocycles. The highest BCUT2D eigenvalue weighted by Crippen LogP contribution is 2.86. The molecule has 0 aromatic carbocycles. The molecule has 2 aliphatic rings. The van der Waals surface area contributed by atoms with Gasteiger partial charge < -0.3 is 0 Å². The van der Waals surface area contributed by atoms with Gasteiger partial charge in [-0.15, -0.1) is 0 Å². The summed E-state index contributed by atoms with van der Waals surface area (Å²) in [5.41, 5.74) is -0.157. The molecular weight excluding hydrogens is 196 g/mol. The second-order valence-electron chi connectivity index (χ2n) is 5.08. The Morgan fingerprint density at radius 1 is 1.33 bits per heavy atom. The first kappa shape index (κ1) is 10.5. The smallest absolute Gasteiger partial charge is 0.247 e. The van der Waals surface area contributed by atoms with Crippen LogP contribution in [-0.2, 0) is 19.4 Å². The van der Waals surface area contributed by atoms with E-state index in [9.17, 15) is 9.59 Å². The van der Waals surface area contributed by atoms with Gasteiger partial charge in [-0.3, -0.25) is 0 Å². The van der Waals surface area contributed by atoms with Crippen molar-refractivity contribution in [2.24, 2.45) is 16.7 Å². The molecule has 0 spiro atoms. The summed E-state index contributed by atoms with van der Waals surface area (Å²) in [5.74, 6) is -1.06. The van der Waals surface area contributed by atoms with E-state index in [2.05, 4.69) is 9.78 Å². The van der Waals surface area contributed by atoms with Crippen LogP contribution in [0.15, 0.2) is 0 Å². The largest absolute Gasteiger partial charge is 0.362 e. The monoisotopic (exact) mass is 212 g/mol. The van der Waals surface area contributed by atoms with Crippen molar-refractivity contribution in [3.63, 3.8) is 0 Å². The van der Waals surface area contributed by atoms with Gasteiger partial charge in [0.15, 0.2) is 0 Å². The van der Waals surface area contributed by atoms with Crippen LogP contribution in [0.25, 0.3) is 0 Å². The SMILES string of the molecule is CCC(C)C(=O)OOC(=O)C12CC1(C)C2. The first-order chi connectivity index (χ1) is 6.95. The van der Waals surface area contributed by atoms with Crippen molar-refractivity contribution in [3.05, 3.63) is 0 Å². The average molecular weight is 212 g/mol. The number of fused-ring (bicyclic) bond motifs is 1. The van der Waals surface area contributed by atoms with Gasteiger partial charge in [-0.1, -0.05) is 20.8 Å². The van der Waals surface area contributed by atoms with E-state index in [1.54, 1.807) is 6.92 Å². The molecule has 0 amide bonds. The molecule has 15 heavy (non-hydrogen) atoms. The number of rotatable bonds is 3. The van der Waals surface area contributed by atoms with Gasteiger partial charge in [-0.2, -0.15) is 0 Å². The zero-order chi connectivity index (χ0) is 11.3. The lowest BCUT2D eigenvalue weighted by Crippen LogP contribution is -2.19. The fourth-order valence-electron chi connectivity index (χ4n) is 1.99. The average Bonchev–Trinajstić information content (AvgIpc) is 2.97. The van der Waals surface area contributed by atoms with Crippen LogP contribution < -0.4 is 0 Å². The molecule has 0 aliphatic heterocycles. The molecule has 1 atom stereocenters. The molecule has 84 valence electrons. The second-order valence-corrected chi connectivity index (χ2v) is 5.08. The van der Waals surface area contributed by atoms with Crippen molar-refractivity contribution in [2.75, 3.05) is 0 Å². The van der Waals surface area contributed by atoms with Crippen molar-refractivity contribution in [1.29, 1.82) is 0 Å². The molecule has 4 nitrogen and oxygen atoms in total. The van der Waals surface area contributed by atoms with E-state index in [0.717, 1.165) is 12.8 Å². The predicted molar refractivity (Wildman–Crippen MR) is 51.4 cm³/mol. The van der Waals surface area contributed by atoms with Crippen LogP contribution in [0.3, 0.4) is 0 Å². The van der Waals surface area contributed by atoms with Crippen LogP contribution in [-0.4, -0.2) is 11.9 Å². The quantitative estimate of drug-likeness (QED) is 0.529. The summed E-state index contributed by atoms with van der Waals surface area (Å²) in [6, 6.07) is 0. The maximum Gasteiger partial charge on any atom is 0.362 e. The van der Waals surface area contributed by atoms with Gasteiger partial charge in [-0.05, 0) is 24.7 Å². The Labute approximate surface area is 88.9 Å². The van der Waals surface area contributed by atoms with E-state index in [4.69, 9.17) is 0 Å². The van der Waals surface area contributed by atoms with E-state index >= 15 is 0 Å². The fourth-order valence-corrected chi connectivity index (χ4v) is 1.99. The Morgan fingerprint density at radius 3 is 2.27 bits per heavy atom. The highest BCUT2D eigenvalue weighted by molar-refractivity contribution is 5.87. The highest BCUT2D eigenvalue weighted by atomic mass is 17.2. The second kappa shape index (κ2) is 2.97. The van der Waals surface area contributed by atoms with Crippen LogP contribution >= 0.6 is 0 Å². The van der Waals surface area contributed by atoms with Gasteiger partial charge in [0.2, 0.25) is 0 Å². The van der Waals surface area contributed by atoms with Crippen molar-refractivity contribution in [1.82, 2.24) is 0 Å². The first-order valence-electron chi connectivity index (χ1n) is 5.38. The molecule has 0 saturated heterocycles. The van der Waals surface area contributed by atoms with Crippen molar-refractivity contribution in [3.8, 4) is 0 Å². The molecule has 0 aromatic heterocycles. The summed E-state index contributed by atoms with van der Waals surface area (Å²) >= 11 is 0. The normalized spacial score (nSPS) is 37.5. The van der Waals surface area contributed by atoms with Gasteiger partial charge in [-0.25, -0.2) is 19.4 Å². The summed E-state index contributed by atoms with van der Waals surface area (Å²) in [6.45, 7) is 5.67. The number of hydrogen-bond donors (Lipinski definition) is 0. The molecule has 0 bridgehead atoms. The molecule has 0 radical (unpaired) electrons. The first-order valence-corrected chi connectivity index (χ1v) is 5.38. The summed E-state index contributed by atoms with van der Waals surface area (Å²) in [4.78, 5) is 31.8. The minimum atomic E-state index is -0.467. The maximum absolute atomic E-state index is 11.5. The number of carbonyl (C=O) groups excluding carboxylic acids is 2. The zero-order valence-corrected chi connectivity index (χ0v) is 9.33.